The van der Waals surface area contributed by atoms with Crippen LogP contribution in [0.3, 0.4) is 0 Å². The second-order valence-corrected chi connectivity index (χ2v) is 5.40. The molecule has 3 rings (SSSR count). The molecule has 0 amide bonds. The lowest BCUT2D eigenvalue weighted by atomic mass is 9.47. The third kappa shape index (κ3) is 1.42. The SMILES string of the molecule is CCC(=O)OC1[C@H]2CC=C(C)[C@H]1C2(C)C. The predicted molar refractivity (Wildman–Crippen MR) is 59.3 cm³/mol. The van der Waals surface area contributed by atoms with E-state index in [0.717, 1.165) is 6.42 Å². The minimum Gasteiger partial charge on any atom is -0.461 e. The van der Waals surface area contributed by atoms with E-state index in [4.69, 9.17) is 4.74 Å². The molecule has 0 N–H and O–H groups in total. The second-order valence-electron chi connectivity index (χ2n) is 5.40. The van der Waals surface area contributed by atoms with Gasteiger partial charge in [0.05, 0.1) is 0 Å². The first kappa shape index (κ1) is 10.7. The molecule has 84 valence electrons. The third-order valence-corrected chi connectivity index (χ3v) is 4.22. The molecule has 0 saturated heterocycles. The van der Waals surface area contributed by atoms with Crippen LogP contribution in [0.1, 0.15) is 40.5 Å². The van der Waals surface area contributed by atoms with Gasteiger partial charge in [-0.2, -0.15) is 0 Å². The van der Waals surface area contributed by atoms with Crippen LogP contribution in [0, 0.1) is 17.3 Å². The van der Waals surface area contributed by atoms with E-state index in [-0.39, 0.29) is 12.1 Å². The zero-order chi connectivity index (χ0) is 11.2. The van der Waals surface area contributed by atoms with Gasteiger partial charge in [0.25, 0.3) is 0 Å². The summed E-state index contributed by atoms with van der Waals surface area (Å²) in [6.45, 7) is 8.59. The second kappa shape index (κ2) is 3.36. The fraction of sp³-hybridized carbons (Fsp3) is 0.769. The van der Waals surface area contributed by atoms with Crippen molar-refractivity contribution in [2.45, 2.75) is 46.6 Å². The van der Waals surface area contributed by atoms with Gasteiger partial charge in [-0.05, 0) is 18.8 Å². The average molecular weight is 208 g/mol. The zero-order valence-corrected chi connectivity index (χ0v) is 10.0. The van der Waals surface area contributed by atoms with Crippen molar-refractivity contribution in [2.24, 2.45) is 17.3 Å². The van der Waals surface area contributed by atoms with Crippen molar-refractivity contribution in [2.75, 3.05) is 0 Å². The Bertz CT molecular complexity index is 314. The molecule has 0 aromatic rings. The normalized spacial score (nSPS) is 36.5. The molecule has 3 aliphatic carbocycles. The summed E-state index contributed by atoms with van der Waals surface area (Å²) >= 11 is 0. The Morgan fingerprint density at radius 1 is 1.60 bits per heavy atom. The van der Waals surface area contributed by atoms with Crippen molar-refractivity contribution in [3.05, 3.63) is 11.6 Å². The molecule has 1 unspecified atom stereocenters. The smallest absolute Gasteiger partial charge is 0.305 e. The van der Waals surface area contributed by atoms with Crippen LogP contribution in [0.4, 0.5) is 0 Å². The van der Waals surface area contributed by atoms with Gasteiger partial charge in [-0.1, -0.05) is 32.4 Å². The lowest BCUT2D eigenvalue weighted by molar-refractivity contribution is -0.191. The number of ether oxygens (including phenoxy) is 1. The predicted octanol–water partition coefficient (Wildman–Crippen LogP) is 2.93. The molecular formula is C13H20O2. The summed E-state index contributed by atoms with van der Waals surface area (Å²) in [6.07, 6.45) is 4.00. The summed E-state index contributed by atoms with van der Waals surface area (Å²) < 4.78 is 5.53. The molecule has 3 aliphatic rings. The minimum atomic E-state index is -0.0554. The molecular weight excluding hydrogens is 188 g/mol. The Labute approximate surface area is 91.7 Å². The van der Waals surface area contributed by atoms with Crippen LogP contribution >= 0.6 is 0 Å². The van der Waals surface area contributed by atoms with Crippen LogP contribution in [0.25, 0.3) is 0 Å². The zero-order valence-electron chi connectivity index (χ0n) is 10.0. The quantitative estimate of drug-likeness (QED) is 0.515. The van der Waals surface area contributed by atoms with Crippen molar-refractivity contribution in [1.82, 2.24) is 0 Å². The standard InChI is InChI=1S/C13H20O2/c1-5-10(14)15-12-9-7-6-8(2)11(12)13(9,3)4/h6,9,11-12H,5,7H2,1-4H3/t9-,11-,12?/m1/s1. The summed E-state index contributed by atoms with van der Waals surface area (Å²) in [7, 11) is 0. The molecule has 3 atom stereocenters. The molecule has 2 heteroatoms. The van der Waals surface area contributed by atoms with E-state index < -0.39 is 0 Å². The largest absolute Gasteiger partial charge is 0.461 e. The first-order valence-corrected chi connectivity index (χ1v) is 5.84. The average Bonchev–Trinajstić information content (AvgIpc) is 2.16. The lowest BCUT2D eigenvalue weighted by Crippen LogP contribution is -2.61. The van der Waals surface area contributed by atoms with E-state index in [0.29, 0.717) is 23.7 Å². The number of carbonyl (C=O) groups is 1. The van der Waals surface area contributed by atoms with Gasteiger partial charge < -0.3 is 4.74 Å². The molecule has 1 saturated carbocycles. The van der Waals surface area contributed by atoms with Crippen LogP contribution in [0.2, 0.25) is 0 Å². The van der Waals surface area contributed by atoms with E-state index >= 15 is 0 Å². The summed E-state index contributed by atoms with van der Waals surface area (Å²) in [5.74, 6) is 0.925. The van der Waals surface area contributed by atoms with Crippen LogP contribution in [0.15, 0.2) is 11.6 Å². The molecule has 0 spiro atoms. The lowest BCUT2D eigenvalue weighted by Gasteiger charge is -2.60. The summed E-state index contributed by atoms with van der Waals surface area (Å²) in [5.41, 5.74) is 1.72. The fourth-order valence-electron chi connectivity index (χ4n) is 3.30. The van der Waals surface area contributed by atoms with Crippen molar-refractivity contribution in [1.29, 1.82) is 0 Å². The van der Waals surface area contributed by atoms with E-state index in [2.05, 4.69) is 26.8 Å². The molecule has 1 fully saturated rings. The Balaban J connectivity index is 2.13. The molecule has 15 heavy (non-hydrogen) atoms. The first-order chi connectivity index (χ1) is 6.98. The van der Waals surface area contributed by atoms with Gasteiger partial charge in [0, 0.05) is 18.3 Å². The van der Waals surface area contributed by atoms with Gasteiger partial charge in [-0.3, -0.25) is 4.79 Å². The number of hydrogen-bond donors (Lipinski definition) is 0. The Kier molecular flexibility index (Phi) is 2.40. The molecule has 2 bridgehead atoms. The van der Waals surface area contributed by atoms with E-state index in [1.54, 1.807) is 0 Å². The molecule has 0 aromatic carbocycles. The highest BCUT2D eigenvalue weighted by molar-refractivity contribution is 5.69. The Morgan fingerprint density at radius 3 is 2.73 bits per heavy atom. The Hall–Kier alpha value is -0.790. The number of esters is 1. The van der Waals surface area contributed by atoms with Gasteiger partial charge in [-0.15, -0.1) is 0 Å². The molecule has 2 nitrogen and oxygen atoms in total. The molecule has 0 radical (unpaired) electrons. The monoisotopic (exact) mass is 208 g/mol. The van der Waals surface area contributed by atoms with E-state index in [1.165, 1.54) is 5.57 Å². The number of fused-ring (bicyclic) bond motifs is 1. The highest BCUT2D eigenvalue weighted by Gasteiger charge is 2.59. The maximum atomic E-state index is 11.3. The van der Waals surface area contributed by atoms with Gasteiger partial charge in [0.1, 0.15) is 6.10 Å². The van der Waals surface area contributed by atoms with Crippen LogP contribution in [-0.4, -0.2) is 12.1 Å². The number of rotatable bonds is 2. The van der Waals surface area contributed by atoms with E-state index in [1.807, 2.05) is 6.92 Å². The Morgan fingerprint density at radius 2 is 2.27 bits per heavy atom. The molecule has 0 aliphatic heterocycles. The maximum Gasteiger partial charge on any atom is 0.305 e. The van der Waals surface area contributed by atoms with Crippen LogP contribution in [0.5, 0.6) is 0 Å². The minimum absolute atomic E-state index is 0.0554. The first-order valence-electron chi connectivity index (χ1n) is 5.84. The third-order valence-electron chi connectivity index (χ3n) is 4.22. The van der Waals surface area contributed by atoms with Gasteiger partial charge in [-0.25, -0.2) is 0 Å². The topological polar surface area (TPSA) is 26.3 Å². The van der Waals surface area contributed by atoms with Crippen molar-refractivity contribution < 1.29 is 9.53 Å². The van der Waals surface area contributed by atoms with Crippen LogP contribution < -0.4 is 0 Å². The summed E-state index contributed by atoms with van der Waals surface area (Å²) in [4.78, 5) is 11.3. The van der Waals surface area contributed by atoms with Gasteiger partial charge in [0.2, 0.25) is 0 Å². The molecule has 0 aromatic heterocycles. The van der Waals surface area contributed by atoms with Gasteiger partial charge >= 0.3 is 5.97 Å². The highest BCUT2D eigenvalue weighted by atomic mass is 16.5. The fourth-order valence-corrected chi connectivity index (χ4v) is 3.30. The van der Waals surface area contributed by atoms with Crippen LogP contribution in [-0.2, 0) is 9.53 Å². The number of allylic oxidation sites excluding steroid dienone is 1. The van der Waals surface area contributed by atoms with Gasteiger partial charge in [0.15, 0.2) is 0 Å². The maximum absolute atomic E-state index is 11.3. The number of carbonyl (C=O) groups excluding carboxylic acids is 1. The highest BCUT2D eigenvalue weighted by Crippen LogP contribution is 2.60. The summed E-state index contributed by atoms with van der Waals surface area (Å²) in [6, 6.07) is 0. The summed E-state index contributed by atoms with van der Waals surface area (Å²) in [5, 5.41) is 0. The van der Waals surface area contributed by atoms with Crippen molar-refractivity contribution in [3.63, 3.8) is 0 Å². The molecule has 0 heterocycles. The number of hydrogen-bond acceptors (Lipinski definition) is 2. The van der Waals surface area contributed by atoms with Crippen molar-refractivity contribution in [3.8, 4) is 0 Å². The van der Waals surface area contributed by atoms with Crippen molar-refractivity contribution >= 4 is 5.97 Å². The van der Waals surface area contributed by atoms with E-state index in [9.17, 15) is 4.79 Å².